The molecule has 0 aliphatic heterocycles. The van der Waals surface area contributed by atoms with Gasteiger partial charge in [-0.05, 0) is 13.1 Å². The molecule has 0 aromatic carbocycles. The highest BCUT2D eigenvalue weighted by molar-refractivity contribution is 5.88. The van der Waals surface area contributed by atoms with E-state index in [4.69, 9.17) is 5.11 Å². The van der Waals surface area contributed by atoms with Gasteiger partial charge in [-0.15, -0.1) is 0 Å². The summed E-state index contributed by atoms with van der Waals surface area (Å²) in [5.74, 6) is -1.69. The van der Waals surface area contributed by atoms with Crippen LogP contribution in [0.3, 0.4) is 0 Å². The SMILES string of the molecule is CCN(CC)CCc1ncc(C(=O)O)c(C(F)(F)F)n1. The van der Waals surface area contributed by atoms with Gasteiger partial charge in [0.05, 0.1) is 0 Å². The Balaban J connectivity index is 2.98. The monoisotopic (exact) mass is 291 g/mol. The molecule has 112 valence electrons. The van der Waals surface area contributed by atoms with Crippen molar-refractivity contribution in [2.24, 2.45) is 0 Å². The Morgan fingerprint density at radius 1 is 1.35 bits per heavy atom. The van der Waals surface area contributed by atoms with Crippen LogP contribution in [0, 0.1) is 0 Å². The quantitative estimate of drug-likeness (QED) is 0.869. The van der Waals surface area contributed by atoms with E-state index in [1.54, 1.807) is 0 Å². The van der Waals surface area contributed by atoms with Crippen LogP contribution in [-0.2, 0) is 12.6 Å². The van der Waals surface area contributed by atoms with Crippen LogP contribution in [-0.4, -0.2) is 45.6 Å². The van der Waals surface area contributed by atoms with Crippen molar-refractivity contribution in [3.05, 3.63) is 23.3 Å². The summed E-state index contributed by atoms with van der Waals surface area (Å²) in [5, 5.41) is 8.73. The summed E-state index contributed by atoms with van der Waals surface area (Å²) in [6.45, 7) is 5.96. The highest BCUT2D eigenvalue weighted by Crippen LogP contribution is 2.30. The van der Waals surface area contributed by atoms with E-state index in [-0.39, 0.29) is 12.2 Å². The van der Waals surface area contributed by atoms with Crippen LogP contribution in [0.15, 0.2) is 6.20 Å². The fourth-order valence-corrected chi connectivity index (χ4v) is 1.71. The van der Waals surface area contributed by atoms with Crippen molar-refractivity contribution in [2.75, 3.05) is 19.6 Å². The van der Waals surface area contributed by atoms with Gasteiger partial charge in [0.1, 0.15) is 11.4 Å². The molecule has 0 amide bonds. The zero-order valence-corrected chi connectivity index (χ0v) is 11.2. The van der Waals surface area contributed by atoms with Gasteiger partial charge in [0.2, 0.25) is 0 Å². The third kappa shape index (κ3) is 4.16. The first-order valence-electron chi connectivity index (χ1n) is 6.18. The van der Waals surface area contributed by atoms with Crippen molar-refractivity contribution in [1.29, 1.82) is 0 Å². The Morgan fingerprint density at radius 3 is 2.40 bits per heavy atom. The van der Waals surface area contributed by atoms with Gasteiger partial charge in [0.15, 0.2) is 5.69 Å². The lowest BCUT2D eigenvalue weighted by atomic mass is 10.2. The highest BCUT2D eigenvalue weighted by atomic mass is 19.4. The van der Waals surface area contributed by atoms with E-state index in [0.29, 0.717) is 6.54 Å². The molecule has 1 aromatic rings. The lowest BCUT2D eigenvalue weighted by Gasteiger charge is -2.17. The first-order valence-corrected chi connectivity index (χ1v) is 6.18. The molecule has 0 fully saturated rings. The van der Waals surface area contributed by atoms with E-state index in [2.05, 4.69) is 9.97 Å². The van der Waals surface area contributed by atoms with Crippen LogP contribution in [0.2, 0.25) is 0 Å². The summed E-state index contributed by atoms with van der Waals surface area (Å²) in [5.41, 5.74) is -2.32. The number of aromatic carboxylic acids is 1. The molecule has 1 heterocycles. The van der Waals surface area contributed by atoms with Gasteiger partial charge in [-0.2, -0.15) is 13.2 Å². The summed E-state index contributed by atoms with van der Waals surface area (Å²) in [4.78, 5) is 19.8. The minimum Gasteiger partial charge on any atom is -0.478 e. The third-order valence-electron chi connectivity index (χ3n) is 2.88. The molecule has 8 heteroatoms. The van der Waals surface area contributed by atoms with Crippen molar-refractivity contribution in [3.8, 4) is 0 Å². The minimum absolute atomic E-state index is 0.00535. The van der Waals surface area contributed by atoms with E-state index in [0.717, 1.165) is 19.3 Å². The predicted molar refractivity (Wildman–Crippen MR) is 65.5 cm³/mol. The maximum atomic E-state index is 12.8. The molecule has 0 bridgehead atoms. The topological polar surface area (TPSA) is 66.3 Å². The van der Waals surface area contributed by atoms with Gasteiger partial charge >= 0.3 is 12.1 Å². The van der Waals surface area contributed by atoms with Crippen molar-refractivity contribution in [3.63, 3.8) is 0 Å². The Kier molecular flexibility index (Phi) is 5.43. The van der Waals surface area contributed by atoms with Crippen LogP contribution in [0.1, 0.15) is 35.7 Å². The number of aromatic nitrogens is 2. The standard InChI is InChI=1S/C12H16F3N3O2/c1-3-18(4-2)6-5-9-16-7-8(11(19)20)10(17-9)12(13,14)15/h7H,3-6H2,1-2H3,(H,19,20). The Labute approximate surface area is 114 Å². The Morgan fingerprint density at radius 2 is 1.95 bits per heavy atom. The second kappa shape index (κ2) is 6.65. The summed E-state index contributed by atoms with van der Waals surface area (Å²) in [6, 6.07) is 0. The number of carbonyl (C=O) groups is 1. The zero-order valence-electron chi connectivity index (χ0n) is 11.2. The van der Waals surface area contributed by atoms with Gasteiger partial charge in [-0.3, -0.25) is 0 Å². The highest BCUT2D eigenvalue weighted by Gasteiger charge is 2.38. The molecule has 0 aliphatic carbocycles. The molecule has 20 heavy (non-hydrogen) atoms. The Hall–Kier alpha value is -1.70. The lowest BCUT2D eigenvalue weighted by Crippen LogP contribution is -2.26. The predicted octanol–water partition coefficient (Wildman–Crippen LogP) is 2.08. The smallest absolute Gasteiger partial charge is 0.434 e. The molecule has 0 aliphatic rings. The van der Waals surface area contributed by atoms with Crippen LogP contribution >= 0.6 is 0 Å². The van der Waals surface area contributed by atoms with Crippen LogP contribution in [0.4, 0.5) is 13.2 Å². The second-order valence-corrected chi connectivity index (χ2v) is 4.13. The largest absolute Gasteiger partial charge is 0.478 e. The van der Waals surface area contributed by atoms with Gasteiger partial charge in [-0.1, -0.05) is 13.8 Å². The van der Waals surface area contributed by atoms with E-state index < -0.39 is 23.4 Å². The van der Waals surface area contributed by atoms with E-state index >= 15 is 0 Å². The third-order valence-corrected chi connectivity index (χ3v) is 2.88. The minimum atomic E-state index is -4.80. The van der Waals surface area contributed by atoms with E-state index in [9.17, 15) is 18.0 Å². The van der Waals surface area contributed by atoms with Crippen LogP contribution in [0.5, 0.6) is 0 Å². The van der Waals surface area contributed by atoms with Crippen molar-refractivity contribution < 1.29 is 23.1 Å². The first kappa shape index (κ1) is 16.4. The number of carboxylic acids is 1. The number of hydrogen-bond donors (Lipinski definition) is 1. The number of carboxylic acid groups (broad SMARTS) is 1. The van der Waals surface area contributed by atoms with Crippen LogP contribution < -0.4 is 0 Å². The average Bonchev–Trinajstić information content (AvgIpc) is 2.38. The molecule has 0 spiro atoms. The lowest BCUT2D eigenvalue weighted by molar-refractivity contribution is -0.141. The molecule has 0 radical (unpaired) electrons. The molecule has 0 unspecified atom stereocenters. The molecule has 0 saturated carbocycles. The van der Waals surface area contributed by atoms with Crippen molar-refractivity contribution in [1.82, 2.24) is 14.9 Å². The molecule has 0 saturated heterocycles. The molecule has 1 aromatic heterocycles. The summed E-state index contributed by atoms with van der Waals surface area (Å²) in [7, 11) is 0. The number of rotatable bonds is 6. The summed E-state index contributed by atoms with van der Waals surface area (Å²) >= 11 is 0. The molecular weight excluding hydrogens is 275 g/mol. The summed E-state index contributed by atoms with van der Waals surface area (Å²) in [6.07, 6.45) is -3.85. The number of hydrogen-bond acceptors (Lipinski definition) is 4. The molecular formula is C12H16F3N3O2. The van der Waals surface area contributed by atoms with Crippen LogP contribution in [0.25, 0.3) is 0 Å². The molecule has 0 atom stereocenters. The van der Waals surface area contributed by atoms with Gasteiger partial charge in [-0.25, -0.2) is 14.8 Å². The fourth-order valence-electron chi connectivity index (χ4n) is 1.71. The van der Waals surface area contributed by atoms with E-state index in [1.807, 2.05) is 18.7 Å². The molecule has 1 N–H and O–H groups in total. The maximum Gasteiger partial charge on any atom is 0.434 e. The zero-order chi connectivity index (χ0) is 15.3. The number of halogens is 3. The van der Waals surface area contributed by atoms with Crippen molar-refractivity contribution in [2.45, 2.75) is 26.4 Å². The van der Waals surface area contributed by atoms with Gasteiger partial charge in [0.25, 0.3) is 0 Å². The number of alkyl halides is 3. The average molecular weight is 291 g/mol. The number of likely N-dealkylation sites (N-methyl/N-ethyl adjacent to an activating group) is 1. The first-order chi connectivity index (χ1) is 9.29. The summed E-state index contributed by atoms with van der Waals surface area (Å²) < 4.78 is 38.3. The molecule has 5 nitrogen and oxygen atoms in total. The normalized spacial score (nSPS) is 11.9. The Bertz CT molecular complexity index is 474. The second-order valence-electron chi connectivity index (χ2n) is 4.13. The number of nitrogens with zero attached hydrogens (tertiary/aromatic N) is 3. The van der Waals surface area contributed by atoms with Gasteiger partial charge in [0, 0.05) is 19.2 Å². The van der Waals surface area contributed by atoms with Gasteiger partial charge < -0.3 is 10.0 Å². The fraction of sp³-hybridized carbons (Fsp3) is 0.583. The molecule has 1 rings (SSSR count). The van der Waals surface area contributed by atoms with Crippen molar-refractivity contribution >= 4 is 5.97 Å². The maximum absolute atomic E-state index is 12.8. The van der Waals surface area contributed by atoms with E-state index in [1.165, 1.54) is 0 Å².